The number of hydrogen-bond acceptors (Lipinski definition) is 5. The quantitative estimate of drug-likeness (QED) is 0.542. The van der Waals surface area contributed by atoms with E-state index in [4.69, 9.17) is 4.74 Å². The van der Waals surface area contributed by atoms with Crippen molar-refractivity contribution in [2.24, 2.45) is 0 Å². The van der Waals surface area contributed by atoms with Crippen molar-refractivity contribution in [3.8, 4) is 5.88 Å². The highest BCUT2D eigenvalue weighted by Gasteiger charge is 2.31. The lowest BCUT2D eigenvalue weighted by Crippen LogP contribution is -2.42. The first-order valence-corrected chi connectivity index (χ1v) is 9.62. The zero-order valence-corrected chi connectivity index (χ0v) is 17.6. The van der Waals surface area contributed by atoms with Gasteiger partial charge in [-0.1, -0.05) is 12.7 Å². The second-order valence-corrected chi connectivity index (χ2v) is 6.72. The zero-order valence-electron chi connectivity index (χ0n) is 17.6. The van der Waals surface area contributed by atoms with Gasteiger partial charge in [0.2, 0.25) is 5.88 Å². The van der Waals surface area contributed by atoms with Crippen molar-refractivity contribution >= 4 is 11.6 Å². The van der Waals surface area contributed by atoms with E-state index in [1.807, 2.05) is 14.0 Å². The summed E-state index contributed by atoms with van der Waals surface area (Å²) in [7, 11) is 1.81. The fraction of sp³-hybridized carbons (Fsp3) is 0.318. The van der Waals surface area contributed by atoms with E-state index in [-0.39, 0.29) is 24.4 Å². The van der Waals surface area contributed by atoms with Crippen molar-refractivity contribution in [3.63, 3.8) is 0 Å². The molecule has 2 aromatic rings. The van der Waals surface area contributed by atoms with Crippen molar-refractivity contribution in [3.05, 3.63) is 72.8 Å². The average molecular weight is 434 g/mol. The standard InChI is InChI=1S/C22H25F3N4O2/c1-5-7-12-28(4)19-10-11-26-14-18(19)21(30)29(6-2)16(3)15-31-20-9-8-17(13-27-20)22(23,24)25/h5,7-14,16H,1,6,15H2,2-4H3/b12-7-. The predicted octanol–water partition coefficient (Wildman–Crippen LogP) is 4.56. The summed E-state index contributed by atoms with van der Waals surface area (Å²) in [6, 6.07) is 3.45. The lowest BCUT2D eigenvalue weighted by Gasteiger charge is -2.29. The third-order valence-electron chi connectivity index (χ3n) is 4.52. The van der Waals surface area contributed by atoms with Gasteiger partial charge in [0.15, 0.2) is 0 Å². The summed E-state index contributed by atoms with van der Waals surface area (Å²) in [5.41, 5.74) is 0.242. The van der Waals surface area contributed by atoms with Gasteiger partial charge in [0.05, 0.1) is 22.9 Å². The van der Waals surface area contributed by atoms with Crippen LogP contribution in [0.15, 0.2) is 61.7 Å². The van der Waals surface area contributed by atoms with Crippen LogP contribution in [0.1, 0.15) is 29.8 Å². The number of ether oxygens (including phenoxy) is 1. The zero-order chi connectivity index (χ0) is 23.0. The first-order valence-electron chi connectivity index (χ1n) is 9.62. The van der Waals surface area contributed by atoms with Crippen LogP contribution in [0.3, 0.4) is 0 Å². The predicted molar refractivity (Wildman–Crippen MR) is 113 cm³/mol. The summed E-state index contributed by atoms with van der Waals surface area (Å²) in [6.07, 6.45) is 4.52. The molecule has 166 valence electrons. The number of amides is 1. The molecule has 31 heavy (non-hydrogen) atoms. The first kappa shape index (κ1) is 23.9. The summed E-state index contributed by atoms with van der Waals surface area (Å²) in [6.45, 7) is 7.74. The molecule has 0 aliphatic heterocycles. The maximum absolute atomic E-state index is 13.2. The molecule has 0 spiro atoms. The van der Waals surface area contributed by atoms with Crippen LogP contribution in [-0.4, -0.2) is 47.0 Å². The lowest BCUT2D eigenvalue weighted by atomic mass is 10.1. The van der Waals surface area contributed by atoms with Crippen molar-refractivity contribution in [2.75, 3.05) is 25.1 Å². The van der Waals surface area contributed by atoms with Crippen LogP contribution >= 0.6 is 0 Å². The Labute approximate surface area is 179 Å². The van der Waals surface area contributed by atoms with Gasteiger partial charge in [-0.2, -0.15) is 13.2 Å². The molecule has 2 aromatic heterocycles. The summed E-state index contributed by atoms with van der Waals surface area (Å²) in [4.78, 5) is 24.4. The molecule has 1 amide bonds. The minimum Gasteiger partial charge on any atom is -0.475 e. The molecule has 0 radical (unpaired) electrons. The van der Waals surface area contributed by atoms with Crippen LogP contribution in [-0.2, 0) is 6.18 Å². The van der Waals surface area contributed by atoms with Crippen LogP contribution in [0, 0.1) is 0 Å². The third-order valence-corrected chi connectivity index (χ3v) is 4.52. The molecule has 0 saturated heterocycles. The number of likely N-dealkylation sites (N-methyl/N-ethyl adjacent to an activating group) is 1. The number of carbonyl (C=O) groups is 1. The van der Waals surface area contributed by atoms with Crippen molar-refractivity contribution in [1.82, 2.24) is 14.9 Å². The van der Waals surface area contributed by atoms with E-state index in [2.05, 4.69) is 16.5 Å². The van der Waals surface area contributed by atoms with E-state index < -0.39 is 11.7 Å². The summed E-state index contributed by atoms with van der Waals surface area (Å²) in [5, 5.41) is 0. The van der Waals surface area contributed by atoms with Crippen molar-refractivity contribution in [2.45, 2.75) is 26.1 Å². The second kappa shape index (κ2) is 10.6. The third kappa shape index (κ3) is 6.31. The fourth-order valence-corrected chi connectivity index (χ4v) is 2.87. The molecule has 6 nitrogen and oxygen atoms in total. The largest absolute Gasteiger partial charge is 0.475 e. The van der Waals surface area contributed by atoms with Gasteiger partial charge in [-0.3, -0.25) is 9.78 Å². The number of anilines is 1. The number of rotatable bonds is 9. The SMILES string of the molecule is C=C/C=C\N(C)c1ccncc1C(=O)N(CC)C(C)COc1ccc(C(F)(F)F)cn1. The molecule has 2 heterocycles. The summed E-state index contributed by atoms with van der Waals surface area (Å²) in [5.74, 6) is -0.180. The van der Waals surface area contributed by atoms with E-state index in [0.717, 1.165) is 18.3 Å². The van der Waals surface area contributed by atoms with E-state index in [1.54, 1.807) is 47.3 Å². The Morgan fingerprint density at radius 1 is 1.29 bits per heavy atom. The van der Waals surface area contributed by atoms with Gasteiger partial charge in [-0.15, -0.1) is 0 Å². The van der Waals surface area contributed by atoms with Gasteiger partial charge in [-0.05, 0) is 32.1 Å². The average Bonchev–Trinajstić information content (AvgIpc) is 2.76. The van der Waals surface area contributed by atoms with Gasteiger partial charge in [0.1, 0.15) is 6.61 Å². The molecule has 0 aromatic carbocycles. The summed E-state index contributed by atoms with van der Waals surface area (Å²) >= 11 is 0. The van der Waals surface area contributed by atoms with Crippen LogP contribution in [0.25, 0.3) is 0 Å². The Bertz CT molecular complexity index is 914. The lowest BCUT2D eigenvalue weighted by molar-refractivity contribution is -0.137. The molecule has 0 N–H and O–H groups in total. The maximum Gasteiger partial charge on any atom is 0.417 e. The Kier molecular flexibility index (Phi) is 8.18. The smallest absolute Gasteiger partial charge is 0.417 e. The molecule has 0 saturated carbocycles. The van der Waals surface area contributed by atoms with Crippen LogP contribution < -0.4 is 9.64 Å². The first-order chi connectivity index (χ1) is 14.7. The highest BCUT2D eigenvalue weighted by atomic mass is 19.4. The molecule has 1 unspecified atom stereocenters. The highest BCUT2D eigenvalue weighted by molar-refractivity contribution is 5.99. The minimum absolute atomic E-state index is 0.0553. The number of hydrogen-bond donors (Lipinski definition) is 0. The Hall–Kier alpha value is -3.36. The van der Waals surface area contributed by atoms with Gasteiger partial charge in [0, 0.05) is 44.4 Å². The molecule has 0 fully saturated rings. The molecular weight excluding hydrogens is 409 g/mol. The topological polar surface area (TPSA) is 58.6 Å². The fourth-order valence-electron chi connectivity index (χ4n) is 2.87. The number of nitrogens with zero attached hydrogens (tertiary/aromatic N) is 4. The number of pyridine rings is 2. The Morgan fingerprint density at radius 3 is 2.61 bits per heavy atom. The van der Waals surface area contributed by atoms with Crippen LogP contribution in [0.4, 0.5) is 18.9 Å². The van der Waals surface area contributed by atoms with Crippen LogP contribution in [0.2, 0.25) is 0 Å². The molecule has 1 atom stereocenters. The molecule has 0 aliphatic rings. The maximum atomic E-state index is 13.2. The normalized spacial score (nSPS) is 12.5. The Morgan fingerprint density at radius 2 is 2.03 bits per heavy atom. The van der Waals surface area contributed by atoms with Crippen molar-refractivity contribution in [1.29, 1.82) is 0 Å². The molecule has 0 aliphatic carbocycles. The van der Waals surface area contributed by atoms with Gasteiger partial charge >= 0.3 is 6.18 Å². The van der Waals surface area contributed by atoms with Gasteiger partial charge < -0.3 is 14.5 Å². The van der Waals surface area contributed by atoms with E-state index in [9.17, 15) is 18.0 Å². The van der Waals surface area contributed by atoms with E-state index in [0.29, 0.717) is 17.8 Å². The number of halogens is 3. The van der Waals surface area contributed by atoms with Gasteiger partial charge in [-0.25, -0.2) is 4.98 Å². The summed E-state index contributed by atoms with van der Waals surface area (Å²) < 4.78 is 43.5. The molecular formula is C22H25F3N4O2. The van der Waals surface area contributed by atoms with E-state index in [1.165, 1.54) is 6.20 Å². The molecule has 9 heteroatoms. The Balaban J connectivity index is 2.12. The van der Waals surface area contributed by atoms with Gasteiger partial charge in [0.25, 0.3) is 5.91 Å². The van der Waals surface area contributed by atoms with Crippen molar-refractivity contribution < 1.29 is 22.7 Å². The van der Waals surface area contributed by atoms with Crippen LogP contribution in [0.5, 0.6) is 5.88 Å². The number of allylic oxidation sites excluding steroid dienone is 2. The molecule has 2 rings (SSSR count). The monoisotopic (exact) mass is 434 g/mol. The minimum atomic E-state index is -4.46. The number of carbonyl (C=O) groups excluding carboxylic acids is 1. The van der Waals surface area contributed by atoms with E-state index >= 15 is 0 Å². The highest BCUT2D eigenvalue weighted by Crippen LogP contribution is 2.29. The number of alkyl halides is 3. The molecule has 0 bridgehead atoms. The number of aromatic nitrogens is 2. The second-order valence-electron chi connectivity index (χ2n) is 6.72.